The number of benzene rings is 2. The molecule has 0 spiro atoms. The maximum absolute atomic E-state index is 14.0. The van der Waals surface area contributed by atoms with E-state index in [0.717, 1.165) is 21.8 Å². The fourth-order valence-corrected chi connectivity index (χ4v) is 4.08. The zero-order valence-electron chi connectivity index (χ0n) is 16.7. The van der Waals surface area contributed by atoms with Gasteiger partial charge in [-0.1, -0.05) is 6.08 Å². The van der Waals surface area contributed by atoms with Crippen LogP contribution in [0.2, 0.25) is 0 Å². The van der Waals surface area contributed by atoms with Gasteiger partial charge in [-0.2, -0.15) is 0 Å². The topological polar surface area (TPSA) is 36.9 Å². The van der Waals surface area contributed by atoms with Crippen molar-refractivity contribution in [3.8, 4) is 23.0 Å². The van der Waals surface area contributed by atoms with Crippen LogP contribution in [0.15, 0.2) is 41.3 Å². The summed E-state index contributed by atoms with van der Waals surface area (Å²) in [5, 5.41) is -0.406. The van der Waals surface area contributed by atoms with Crippen molar-refractivity contribution < 1.29 is 23.3 Å². The molecule has 0 aromatic heterocycles. The Balaban J connectivity index is 1.89. The van der Waals surface area contributed by atoms with Gasteiger partial charge in [0.25, 0.3) is 0 Å². The molecule has 1 atom stereocenters. The second kappa shape index (κ2) is 8.35. The second-order valence-corrected chi connectivity index (χ2v) is 8.23. The standard InChI is InChI=1S/C22H25FO4S/c1-22(2)9-8-14-10-16(6-7-17(14)27-22)28-20(13-23)15-11-18(24-3)21(26-5)19(12-15)25-4/h6-12,20H,13H2,1-5H3/i23-1. The Kier molecular flexibility index (Phi) is 6.08. The number of thioether (sulfide) groups is 1. The molecule has 1 aliphatic rings. The van der Waals surface area contributed by atoms with E-state index < -0.39 is 11.9 Å². The molecule has 0 fully saturated rings. The monoisotopic (exact) mass is 403 g/mol. The minimum atomic E-state index is -0.528. The molecule has 0 amide bonds. The van der Waals surface area contributed by atoms with E-state index in [4.69, 9.17) is 18.9 Å². The number of halogens is 1. The lowest BCUT2D eigenvalue weighted by Crippen LogP contribution is -2.27. The molecule has 0 bridgehead atoms. The molecule has 2 aromatic carbocycles. The molecule has 6 heteroatoms. The van der Waals surface area contributed by atoms with Crippen LogP contribution in [-0.2, 0) is 0 Å². The lowest BCUT2D eigenvalue weighted by molar-refractivity contribution is 0.159. The minimum absolute atomic E-state index is 0.320. The number of alkyl halides is 1. The average Bonchev–Trinajstić information content (AvgIpc) is 2.70. The molecule has 3 rings (SSSR count). The molecule has 4 nitrogen and oxygen atoms in total. The van der Waals surface area contributed by atoms with E-state index in [-0.39, 0.29) is 5.60 Å². The van der Waals surface area contributed by atoms with Gasteiger partial charge in [-0.25, -0.2) is 4.39 Å². The summed E-state index contributed by atoms with van der Waals surface area (Å²) < 4.78 is 36.1. The smallest absolute Gasteiger partial charge is 0.203 e. The highest BCUT2D eigenvalue weighted by Crippen LogP contribution is 2.45. The number of methoxy groups -OCH3 is 3. The van der Waals surface area contributed by atoms with Gasteiger partial charge in [0.2, 0.25) is 5.75 Å². The van der Waals surface area contributed by atoms with Crippen molar-refractivity contribution in [2.24, 2.45) is 0 Å². The summed E-state index contributed by atoms with van der Waals surface area (Å²) in [4.78, 5) is 0.961. The van der Waals surface area contributed by atoms with Crippen LogP contribution in [0, 0.1) is 0 Å². The first kappa shape index (κ1) is 20.4. The van der Waals surface area contributed by atoms with Crippen LogP contribution < -0.4 is 18.9 Å². The molecule has 28 heavy (non-hydrogen) atoms. The maximum atomic E-state index is 14.0. The first-order valence-electron chi connectivity index (χ1n) is 8.95. The molecule has 1 heterocycles. The highest BCUT2D eigenvalue weighted by atomic mass is 32.2. The Bertz CT molecular complexity index is 854. The normalized spacial score (nSPS) is 15.4. The predicted molar refractivity (Wildman–Crippen MR) is 111 cm³/mol. The molecule has 0 N–H and O–H groups in total. The van der Waals surface area contributed by atoms with E-state index in [0.29, 0.717) is 17.2 Å². The van der Waals surface area contributed by atoms with Gasteiger partial charge in [-0.05, 0) is 55.8 Å². The van der Waals surface area contributed by atoms with E-state index >= 15 is 0 Å². The van der Waals surface area contributed by atoms with E-state index in [2.05, 4.69) is 0 Å². The summed E-state index contributed by atoms with van der Waals surface area (Å²) in [6, 6.07) is 9.50. The lowest BCUT2D eigenvalue weighted by Gasteiger charge is -2.28. The van der Waals surface area contributed by atoms with Gasteiger partial charge in [0.15, 0.2) is 11.5 Å². The minimum Gasteiger partial charge on any atom is -0.493 e. The summed E-state index contributed by atoms with van der Waals surface area (Å²) >= 11 is 1.45. The van der Waals surface area contributed by atoms with Crippen molar-refractivity contribution in [1.29, 1.82) is 0 Å². The number of ether oxygens (including phenoxy) is 4. The summed E-state index contributed by atoms with van der Waals surface area (Å²) in [6.45, 7) is 3.50. The lowest BCUT2D eigenvalue weighted by atomic mass is 10.0. The fourth-order valence-electron chi connectivity index (χ4n) is 3.07. The van der Waals surface area contributed by atoms with E-state index in [1.54, 1.807) is 33.5 Å². The van der Waals surface area contributed by atoms with Gasteiger partial charge < -0.3 is 18.9 Å². The van der Waals surface area contributed by atoms with Crippen LogP contribution in [0.4, 0.5) is 4.39 Å². The van der Waals surface area contributed by atoms with Gasteiger partial charge in [-0.3, -0.25) is 0 Å². The predicted octanol–water partition coefficient (Wildman–Crippen LogP) is 5.70. The van der Waals surface area contributed by atoms with Crippen molar-refractivity contribution >= 4 is 17.8 Å². The van der Waals surface area contributed by atoms with Crippen LogP contribution in [0.25, 0.3) is 6.08 Å². The molecule has 150 valence electrons. The molecule has 0 saturated heterocycles. The third-order valence-corrected chi connectivity index (χ3v) is 5.70. The first-order chi connectivity index (χ1) is 13.4. The van der Waals surface area contributed by atoms with Crippen LogP contribution in [0.5, 0.6) is 23.0 Å². The molecule has 0 saturated carbocycles. The van der Waals surface area contributed by atoms with Gasteiger partial charge in [-0.15, -0.1) is 11.8 Å². The van der Waals surface area contributed by atoms with Crippen LogP contribution in [0.1, 0.15) is 30.2 Å². The zero-order valence-corrected chi connectivity index (χ0v) is 17.6. The Hall–Kier alpha value is -2.34. The number of hydrogen-bond acceptors (Lipinski definition) is 5. The molecule has 2 aromatic rings. The molecule has 1 aliphatic heterocycles. The van der Waals surface area contributed by atoms with Gasteiger partial charge in [0.1, 0.15) is 18.0 Å². The number of fused-ring (bicyclic) bond motifs is 1. The molecular formula is C22H25FO4S. The largest absolute Gasteiger partial charge is 0.493 e. The second-order valence-electron chi connectivity index (χ2n) is 6.96. The highest BCUT2D eigenvalue weighted by molar-refractivity contribution is 7.99. The van der Waals surface area contributed by atoms with Crippen molar-refractivity contribution in [1.82, 2.24) is 0 Å². The average molecular weight is 404 g/mol. The molecule has 0 aliphatic carbocycles. The van der Waals surface area contributed by atoms with E-state index in [1.807, 2.05) is 44.2 Å². The Morgan fingerprint density at radius 1 is 1.04 bits per heavy atom. The zero-order chi connectivity index (χ0) is 20.3. The van der Waals surface area contributed by atoms with Crippen molar-refractivity contribution in [2.45, 2.75) is 29.6 Å². The maximum Gasteiger partial charge on any atom is 0.203 e. The number of rotatable bonds is 7. The van der Waals surface area contributed by atoms with Gasteiger partial charge in [0.05, 0.1) is 26.6 Å². The number of hydrogen-bond donors (Lipinski definition) is 0. The Labute approximate surface area is 169 Å². The third kappa shape index (κ3) is 4.22. The van der Waals surface area contributed by atoms with Crippen LogP contribution >= 0.6 is 11.8 Å². The van der Waals surface area contributed by atoms with E-state index in [9.17, 15) is 4.39 Å². The Morgan fingerprint density at radius 3 is 2.29 bits per heavy atom. The van der Waals surface area contributed by atoms with Crippen molar-refractivity contribution in [3.63, 3.8) is 0 Å². The van der Waals surface area contributed by atoms with Gasteiger partial charge in [0, 0.05) is 10.5 Å². The fraction of sp³-hybridized carbons (Fsp3) is 0.364. The van der Waals surface area contributed by atoms with Crippen molar-refractivity contribution in [3.05, 3.63) is 47.5 Å². The van der Waals surface area contributed by atoms with Crippen LogP contribution in [0.3, 0.4) is 0 Å². The molecule has 1 unspecified atom stereocenters. The first-order valence-corrected chi connectivity index (χ1v) is 9.83. The van der Waals surface area contributed by atoms with Gasteiger partial charge >= 0.3 is 0 Å². The summed E-state index contributed by atoms with van der Waals surface area (Å²) in [6.07, 6.45) is 4.07. The van der Waals surface area contributed by atoms with E-state index in [1.165, 1.54) is 11.8 Å². The molecular weight excluding hydrogens is 378 g/mol. The van der Waals surface area contributed by atoms with Crippen molar-refractivity contribution in [2.75, 3.05) is 28.0 Å². The highest BCUT2D eigenvalue weighted by Gasteiger charge is 2.23. The summed E-state index contributed by atoms with van der Waals surface area (Å²) in [5.41, 5.74) is 1.44. The Morgan fingerprint density at radius 2 is 1.71 bits per heavy atom. The summed E-state index contributed by atoms with van der Waals surface area (Å²) in [7, 11) is 4.65. The summed E-state index contributed by atoms with van der Waals surface area (Å²) in [5.74, 6) is 2.36. The quantitative estimate of drug-likeness (QED) is 0.554. The third-order valence-electron chi connectivity index (χ3n) is 4.50. The van der Waals surface area contributed by atoms with Crippen LogP contribution in [-0.4, -0.2) is 33.6 Å². The SMILES string of the molecule is COc1cc(C(C[18F])Sc2ccc3c(c2)C=CC(C)(C)O3)cc(OC)c1OC. The molecule has 0 radical (unpaired) electrons.